The molecule has 2 nitrogen and oxygen atoms in total. The van der Waals surface area contributed by atoms with Crippen molar-refractivity contribution in [1.29, 1.82) is 0 Å². The molecule has 0 amide bonds. The quantitative estimate of drug-likeness (QED) is 0.412. The van der Waals surface area contributed by atoms with Gasteiger partial charge >= 0.3 is 0 Å². The van der Waals surface area contributed by atoms with E-state index < -0.39 is 8.32 Å². The molecule has 134 valence electrons. The first-order valence-electron chi connectivity index (χ1n) is 8.71. The third-order valence-corrected chi connectivity index (χ3v) is 9.13. The molecule has 0 fully saturated rings. The van der Waals surface area contributed by atoms with Crippen LogP contribution in [0.4, 0.5) is 0 Å². The fraction of sp³-hybridized carbons (Fsp3) is 0.700. The minimum absolute atomic E-state index is 0.154. The van der Waals surface area contributed by atoms with Crippen molar-refractivity contribution in [2.45, 2.75) is 78.9 Å². The Morgan fingerprint density at radius 2 is 1.65 bits per heavy atom. The van der Waals surface area contributed by atoms with Crippen LogP contribution in [0.25, 0.3) is 0 Å². The molecule has 0 spiro atoms. The highest BCUT2D eigenvalue weighted by Crippen LogP contribution is 2.36. The molecule has 3 heteroatoms. The molecule has 23 heavy (non-hydrogen) atoms. The van der Waals surface area contributed by atoms with Crippen LogP contribution in [0.5, 0.6) is 0 Å². The summed E-state index contributed by atoms with van der Waals surface area (Å²) >= 11 is 0. The van der Waals surface area contributed by atoms with Crippen molar-refractivity contribution in [3.8, 4) is 0 Å². The van der Waals surface area contributed by atoms with E-state index in [1.807, 2.05) is 0 Å². The number of allylic oxidation sites excluding steroid dienone is 4. The Morgan fingerprint density at radius 1 is 1.04 bits per heavy atom. The summed E-state index contributed by atoms with van der Waals surface area (Å²) in [6, 6.07) is 0. The second-order valence-electron chi connectivity index (χ2n) is 8.17. The summed E-state index contributed by atoms with van der Waals surface area (Å²) in [5.41, 5.74) is 3.76. The molecule has 0 unspecified atom stereocenters. The van der Waals surface area contributed by atoms with E-state index in [0.717, 1.165) is 31.4 Å². The van der Waals surface area contributed by atoms with Gasteiger partial charge in [0, 0.05) is 0 Å². The van der Waals surface area contributed by atoms with E-state index in [1.54, 1.807) is 0 Å². The number of rotatable bonds is 9. The van der Waals surface area contributed by atoms with Gasteiger partial charge in [-0.1, -0.05) is 50.1 Å². The zero-order valence-corrected chi connectivity index (χ0v) is 17.6. The monoisotopic (exact) mass is 338 g/mol. The molecule has 0 saturated carbocycles. The summed E-state index contributed by atoms with van der Waals surface area (Å²) < 4.78 is 6.18. The molecule has 0 heterocycles. The Kier molecular flexibility index (Phi) is 9.98. The molecule has 1 N–H and O–H groups in total. The van der Waals surface area contributed by atoms with Crippen molar-refractivity contribution in [3.63, 3.8) is 0 Å². The Labute approximate surface area is 145 Å². The van der Waals surface area contributed by atoms with E-state index >= 15 is 0 Å². The maximum atomic E-state index is 9.38. The first-order chi connectivity index (χ1) is 10.5. The molecule has 0 rings (SSSR count). The topological polar surface area (TPSA) is 29.5 Å². The SMILES string of the molecule is CC(C)=CC/C(=C/CC/C(C)=C/CO[Si](C)(C)C(C)(C)C)CO. The minimum atomic E-state index is -1.64. The smallest absolute Gasteiger partial charge is 0.192 e. The molecule has 0 atom stereocenters. The van der Waals surface area contributed by atoms with Crippen LogP contribution in [0, 0.1) is 0 Å². The van der Waals surface area contributed by atoms with Crippen molar-refractivity contribution in [2.75, 3.05) is 13.2 Å². The highest BCUT2D eigenvalue weighted by Gasteiger charge is 2.36. The largest absolute Gasteiger partial charge is 0.413 e. The lowest BCUT2D eigenvalue weighted by Gasteiger charge is -2.35. The number of aliphatic hydroxyl groups is 1. The van der Waals surface area contributed by atoms with Crippen LogP contribution in [0.15, 0.2) is 34.9 Å². The maximum absolute atomic E-state index is 9.38. The van der Waals surface area contributed by atoms with Gasteiger partial charge in [0.15, 0.2) is 8.32 Å². The third-order valence-electron chi connectivity index (χ3n) is 4.63. The van der Waals surface area contributed by atoms with E-state index in [4.69, 9.17) is 4.43 Å². The van der Waals surface area contributed by atoms with Crippen LogP contribution < -0.4 is 0 Å². The fourth-order valence-electron chi connectivity index (χ4n) is 1.76. The van der Waals surface area contributed by atoms with Crippen molar-refractivity contribution < 1.29 is 9.53 Å². The van der Waals surface area contributed by atoms with Crippen molar-refractivity contribution in [2.24, 2.45) is 0 Å². The molecule has 0 aromatic rings. The lowest BCUT2D eigenvalue weighted by atomic mass is 10.1. The summed E-state index contributed by atoms with van der Waals surface area (Å²) in [7, 11) is -1.64. The molecule has 0 bridgehead atoms. The first-order valence-corrected chi connectivity index (χ1v) is 11.6. The van der Waals surface area contributed by atoms with Gasteiger partial charge in [-0.15, -0.1) is 0 Å². The number of aliphatic hydroxyl groups excluding tert-OH is 1. The lowest BCUT2D eigenvalue weighted by Crippen LogP contribution is -2.40. The van der Waals surface area contributed by atoms with E-state index in [-0.39, 0.29) is 11.6 Å². The second-order valence-corrected chi connectivity index (χ2v) is 13.0. The van der Waals surface area contributed by atoms with Gasteiger partial charge in [-0.2, -0.15) is 0 Å². The van der Waals surface area contributed by atoms with Crippen molar-refractivity contribution in [3.05, 3.63) is 34.9 Å². The zero-order chi connectivity index (χ0) is 18.1. The van der Waals surface area contributed by atoms with E-state index in [2.05, 4.69) is 72.9 Å². The standard InChI is InChI=1S/C20H38O2Si/c1-17(2)12-13-19(16-21)11-9-10-18(3)14-15-22-23(7,8)20(4,5)6/h11-12,14,21H,9-10,13,15-16H2,1-8H3/b18-14+,19-11-. The van der Waals surface area contributed by atoms with Crippen LogP contribution in [0.1, 0.15) is 60.8 Å². The van der Waals surface area contributed by atoms with Crippen LogP contribution in [-0.4, -0.2) is 26.6 Å². The van der Waals surface area contributed by atoms with Crippen LogP contribution in [0.2, 0.25) is 18.1 Å². The second kappa shape index (κ2) is 10.3. The van der Waals surface area contributed by atoms with Gasteiger partial charge in [0.05, 0.1) is 13.2 Å². The van der Waals surface area contributed by atoms with Gasteiger partial charge in [-0.3, -0.25) is 0 Å². The predicted molar refractivity (Wildman–Crippen MR) is 105 cm³/mol. The summed E-state index contributed by atoms with van der Waals surface area (Å²) in [6.45, 7) is 18.6. The van der Waals surface area contributed by atoms with Gasteiger partial charge in [-0.25, -0.2) is 0 Å². The normalized spacial score (nSPS) is 14.1. The van der Waals surface area contributed by atoms with E-state index in [1.165, 1.54) is 11.1 Å². The average molecular weight is 339 g/mol. The molecule has 0 saturated heterocycles. The van der Waals surface area contributed by atoms with Crippen molar-refractivity contribution >= 4 is 8.32 Å². The van der Waals surface area contributed by atoms with Crippen LogP contribution in [0.3, 0.4) is 0 Å². The van der Waals surface area contributed by atoms with Gasteiger partial charge in [0.25, 0.3) is 0 Å². The highest BCUT2D eigenvalue weighted by molar-refractivity contribution is 6.74. The average Bonchev–Trinajstić information content (AvgIpc) is 2.40. The van der Waals surface area contributed by atoms with Crippen LogP contribution >= 0.6 is 0 Å². The van der Waals surface area contributed by atoms with Gasteiger partial charge in [0.2, 0.25) is 0 Å². The molecule has 0 aliphatic heterocycles. The van der Waals surface area contributed by atoms with Gasteiger partial charge < -0.3 is 9.53 Å². The minimum Gasteiger partial charge on any atom is -0.413 e. The summed E-state index contributed by atoms with van der Waals surface area (Å²) in [4.78, 5) is 0. The Hall–Kier alpha value is -0.643. The van der Waals surface area contributed by atoms with Crippen molar-refractivity contribution in [1.82, 2.24) is 0 Å². The zero-order valence-electron chi connectivity index (χ0n) is 16.6. The summed E-state index contributed by atoms with van der Waals surface area (Å²) in [5.74, 6) is 0. The van der Waals surface area contributed by atoms with Gasteiger partial charge in [-0.05, 0) is 63.7 Å². The van der Waals surface area contributed by atoms with Gasteiger partial charge in [0.1, 0.15) is 0 Å². The Morgan fingerprint density at radius 3 is 2.13 bits per heavy atom. The highest BCUT2D eigenvalue weighted by atomic mass is 28.4. The summed E-state index contributed by atoms with van der Waals surface area (Å²) in [6.07, 6.45) is 9.41. The Balaban J connectivity index is 4.33. The molecule has 0 aliphatic carbocycles. The van der Waals surface area contributed by atoms with E-state index in [9.17, 15) is 5.11 Å². The van der Waals surface area contributed by atoms with Crippen LogP contribution in [-0.2, 0) is 4.43 Å². The molecule has 0 radical (unpaired) electrons. The fourth-order valence-corrected chi connectivity index (χ4v) is 2.70. The number of hydrogen-bond acceptors (Lipinski definition) is 2. The predicted octanol–water partition coefficient (Wildman–Crippen LogP) is 6.01. The molecule has 0 aliphatic rings. The Bertz CT molecular complexity index is 433. The third kappa shape index (κ3) is 9.95. The first kappa shape index (κ1) is 22.4. The lowest BCUT2D eigenvalue weighted by molar-refractivity contribution is 0.326. The molecular formula is C20H38O2Si. The van der Waals surface area contributed by atoms with E-state index in [0.29, 0.717) is 0 Å². The molecule has 0 aromatic heterocycles. The molecular weight excluding hydrogens is 300 g/mol. The number of hydrogen-bond donors (Lipinski definition) is 1. The maximum Gasteiger partial charge on any atom is 0.192 e. The molecule has 0 aromatic carbocycles. The summed E-state index contributed by atoms with van der Waals surface area (Å²) in [5, 5.41) is 9.65.